The molecule has 0 fully saturated rings. The van der Waals surface area contributed by atoms with Gasteiger partial charge in [-0.15, -0.1) is 0 Å². The van der Waals surface area contributed by atoms with Crippen molar-refractivity contribution in [1.82, 2.24) is 0 Å². The lowest BCUT2D eigenvalue weighted by atomic mass is 10.2. The Morgan fingerprint density at radius 2 is 1.76 bits per heavy atom. The predicted octanol–water partition coefficient (Wildman–Crippen LogP) is 3.90. The number of hydrogen-bond acceptors (Lipinski definition) is 5. The van der Waals surface area contributed by atoms with Gasteiger partial charge in [0.25, 0.3) is 0 Å². The molecule has 132 valence electrons. The van der Waals surface area contributed by atoms with Crippen molar-refractivity contribution in [3.05, 3.63) is 51.8 Å². The van der Waals surface area contributed by atoms with Crippen LogP contribution in [0.5, 0.6) is 11.5 Å². The summed E-state index contributed by atoms with van der Waals surface area (Å²) in [7, 11) is -4.84. The van der Waals surface area contributed by atoms with Crippen LogP contribution in [0.4, 0.5) is 13.2 Å². The van der Waals surface area contributed by atoms with Crippen LogP contribution in [0.25, 0.3) is 0 Å². The first-order valence-corrected chi connectivity index (χ1v) is 8.85. The summed E-state index contributed by atoms with van der Waals surface area (Å²) in [6.07, 6.45) is 0. The van der Waals surface area contributed by atoms with Gasteiger partial charge >= 0.3 is 10.1 Å². The molecule has 0 bridgehead atoms. The molecule has 25 heavy (non-hydrogen) atoms. The van der Waals surface area contributed by atoms with E-state index in [2.05, 4.69) is 15.9 Å². The molecule has 0 aliphatic carbocycles. The Labute approximate surface area is 149 Å². The first kappa shape index (κ1) is 19.1. The van der Waals surface area contributed by atoms with Gasteiger partial charge in [-0.05, 0) is 28.9 Å². The maximum atomic E-state index is 13.7. The highest BCUT2D eigenvalue weighted by atomic mass is 79.9. The van der Waals surface area contributed by atoms with Crippen LogP contribution < -0.4 is 8.92 Å². The van der Waals surface area contributed by atoms with E-state index in [-0.39, 0.29) is 40.3 Å². The molecule has 0 amide bonds. The summed E-state index contributed by atoms with van der Waals surface area (Å²) in [6.45, 7) is 1.73. The maximum absolute atomic E-state index is 13.7. The summed E-state index contributed by atoms with van der Waals surface area (Å²) < 4.78 is 74.6. The Kier molecular flexibility index (Phi) is 5.59. The van der Waals surface area contributed by atoms with E-state index < -0.39 is 32.5 Å². The van der Waals surface area contributed by atoms with Crippen molar-refractivity contribution in [3.8, 4) is 17.6 Å². The van der Waals surface area contributed by atoms with Crippen molar-refractivity contribution in [2.45, 2.75) is 11.8 Å². The molecular formula is C15H9BrF3NO4S. The molecule has 0 saturated carbocycles. The highest BCUT2D eigenvalue weighted by Gasteiger charge is 2.27. The van der Waals surface area contributed by atoms with E-state index in [1.807, 2.05) is 6.07 Å². The minimum Gasteiger partial charge on any atom is -0.490 e. The van der Waals surface area contributed by atoms with E-state index in [1.165, 1.54) is 12.1 Å². The Hall–Kier alpha value is -2.25. The number of rotatable bonds is 5. The van der Waals surface area contributed by atoms with Gasteiger partial charge in [0.15, 0.2) is 23.1 Å². The van der Waals surface area contributed by atoms with E-state index in [0.29, 0.717) is 0 Å². The van der Waals surface area contributed by atoms with E-state index in [1.54, 1.807) is 6.92 Å². The van der Waals surface area contributed by atoms with Crippen LogP contribution >= 0.6 is 15.9 Å². The molecule has 0 spiro atoms. The number of benzene rings is 2. The van der Waals surface area contributed by atoms with Crippen molar-refractivity contribution in [3.63, 3.8) is 0 Å². The molecule has 0 unspecified atom stereocenters. The average Bonchev–Trinajstić information content (AvgIpc) is 2.53. The summed E-state index contributed by atoms with van der Waals surface area (Å²) in [5.41, 5.74) is 0.152. The molecule has 0 N–H and O–H groups in total. The van der Waals surface area contributed by atoms with Crippen molar-refractivity contribution in [1.29, 1.82) is 5.26 Å². The van der Waals surface area contributed by atoms with Gasteiger partial charge in [0.1, 0.15) is 10.7 Å². The summed E-state index contributed by atoms with van der Waals surface area (Å²) in [5.74, 6) is -5.05. The third-order valence-electron chi connectivity index (χ3n) is 2.88. The van der Waals surface area contributed by atoms with Crippen molar-refractivity contribution >= 4 is 26.0 Å². The summed E-state index contributed by atoms with van der Waals surface area (Å²) in [4.78, 5) is -1.18. The van der Waals surface area contributed by atoms with Gasteiger partial charge in [-0.1, -0.05) is 0 Å². The molecule has 10 heteroatoms. The largest absolute Gasteiger partial charge is 0.490 e. The minimum atomic E-state index is -4.84. The Bertz CT molecular complexity index is 974. The number of hydrogen-bond donors (Lipinski definition) is 0. The normalized spacial score (nSPS) is 11.0. The van der Waals surface area contributed by atoms with Crippen molar-refractivity contribution < 1.29 is 30.5 Å². The topological polar surface area (TPSA) is 76.4 Å². The van der Waals surface area contributed by atoms with Crippen LogP contribution in [0.1, 0.15) is 12.5 Å². The molecule has 0 atom stereocenters. The van der Waals surface area contributed by atoms with Gasteiger partial charge < -0.3 is 8.92 Å². The standard InChI is InChI=1S/C15H9BrF3NO4S/c1-2-23-13-4-8(7-20)3-9(16)15(13)24-25(21,22)14-6-11(18)10(17)5-12(14)19/h3-6H,2H2,1H3. The van der Waals surface area contributed by atoms with E-state index in [9.17, 15) is 21.6 Å². The lowest BCUT2D eigenvalue weighted by molar-refractivity contribution is 0.326. The maximum Gasteiger partial charge on any atom is 0.342 e. The Morgan fingerprint density at radius 1 is 1.12 bits per heavy atom. The fraction of sp³-hybridized carbons (Fsp3) is 0.133. The van der Waals surface area contributed by atoms with Crippen LogP contribution in [0.2, 0.25) is 0 Å². The van der Waals surface area contributed by atoms with Gasteiger partial charge in [-0.2, -0.15) is 13.7 Å². The minimum absolute atomic E-state index is 0.0431. The SMILES string of the molecule is CCOc1cc(C#N)cc(Br)c1OS(=O)(=O)c1cc(F)c(F)cc1F. The lowest BCUT2D eigenvalue weighted by Crippen LogP contribution is -2.14. The average molecular weight is 436 g/mol. The Morgan fingerprint density at radius 3 is 2.36 bits per heavy atom. The quantitative estimate of drug-likeness (QED) is 0.525. The molecule has 0 aliphatic rings. The molecule has 0 aromatic heterocycles. The molecular weight excluding hydrogens is 427 g/mol. The molecule has 0 heterocycles. The third kappa shape index (κ3) is 4.05. The first-order valence-electron chi connectivity index (χ1n) is 6.65. The second-order valence-electron chi connectivity index (χ2n) is 4.56. The molecule has 5 nitrogen and oxygen atoms in total. The van der Waals surface area contributed by atoms with E-state index >= 15 is 0 Å². The van der Waals surface area contributed by atoms with Gasteiger partial charge in [-0.3, -0.25) is 0 Å². The summed E-state index contributed by atoms with van der Waals surface area (Å²) in [6, 6.07) is 4.61. The molecule has 2 aromatic rings. The highest BCUT2D eigenvalue weighted by Crippen LogP contribution is 2.39. The number of halogens is 4. The molecule has 0 aliphatic heterocycles. The Balaban J connectivity index is 2.55. The molecule has 0 saturated heterocycles. The number of ether oxygens (including phenoxy) is 1. The summed E-state index contributed by atoms with van der Waals surface area (Å²) >= 11 is 3.03. The van der Waals surface area contributed by atoms with Gasteiger partial charge in [0, 0.05) is 18.2 Å². The van der Waals surface area contributed by atoms with Crippen LogP contribution in [0.3, 0.4) is 0 Å². The number of nitrogens with zero attached hydrogens (tertiary/aromatic N) is 1. The van der Waals surface area contributed by atoms with Crippen LogP contribution in [0.15, 0.2) is 33.6 Å². The monoisotopic (exact) mass is 435 g/mol. The zero-order valence-corrected chi connectivity index (χ0v) is 14.9. The van der Waals surface area contributed by atoms with Gasteiger partial charge in [0.05, 0.1) is 22.7 Å². The van der Waals surface area contributed by atoms with Crippen LogP contribution in [-0.2, 0) is 10.1 Å². The lowest BCUT2D eigenvalue weighted by Gasteiger charge is -2.14. The summed E-state index contributed by atoms with van der Waals surface area (Å²) in [5, 5.41) is 8.94. The number of nitriles is 1. The van der Waals surface area contributed by atoms with Crippen LogP contribution in [0, 0.1) is 28.8 Å². The third-order valence-corrected chi connectivity index (χ3v) is 4.70. The molecule has 2 aromatic carbocycles. The predicted molar refractivity (Wildman–Crippen MR) is 84.2 cm³/mol. The fourth-order valence-electron chi connectivity index (χ4n) is 1.83. The van der Waals surface area contributed by atoms with Crippen molar-refractivity contribution in [2.24, 2.45) is 0 Å². The zero-order chi connectivity index (χ0) is 18.8. The van der Waals surface area contributed by atoms with Crippen LogP contribution in [-0.4, -0.2) is 15.0 Å². The fourth-order valence-corrected chi connectivity index (χ4v) is 3.48. The first-order chi connectivity index (χ1) is 11.7. The highest BCUT2D eigenvalue weighted by molar-refractivity contribution is 9.10. The second-order valence-corrected chi connectivity index (χ2v) is 6.93. The zero-order valence-electron chi connectivity index (χ0n) is 12.5. The van der Waals surface area contributed by atoms with Crippen molar-refractivity contribution in [2.75, 3.05) is 6.61 Å². The smallest absolute Gasteiger partial charge is 0.342 e. The van der Waals surface area contributed by atoms with Gasteiger partial charge in [-0.25, -0.2) is 13.2 Å². The van der Waals surface area contributed by atoms with E-state index in [4.69, 9.17) is 14.2 Å². The molecule has 2 rings (SSSR count). The molecule has 0 radical (unpaired) electrons. The second kappa shape index (κ2) is 7.33. The van der Waals surface area contributed by atoms with Gasteiger partial charge in [0.2, 0.25) is 0 Å². The van der Waals surface area contributed by atoms with E-state index in [0.717, 1.165) is 0 Å².